The van der Waals surface area contributed by atoms with Gasteiger partial charge in [-0.2, -0.15) is 18.3 Å². The highest BCUT2D eigenvalue weighted by Gasteiger charge is 2.30. The van der Waals surface area contributed by atoms with E-state index in [-0.39, 0.29) is 0 Å². The average molecular weight is 405 g/mol. The summed E-state index contributed by atoms with van der Waals surface area (Å²) in [7, 11) is 0. The third-order valence-electron chi connectivity index (χ3n) is 4.68. The topological polar surface area (TPSA) is 30.2 Å². The van der Waals surface area contributed by atoms with Gasteiger partial charge in [-0.15, -0.1) is 0 Å². The van der Waals surface area contributed by atoms with Crippen LogP contribution in [0.3, 0.4) is 0 Å². The highest BCUT2D eigenvalue weighted by atomic mass is 19.4. The normalized spacial score (nSPS) is 12.2. The smallest absolute Gasteiger partial charge is 0.226 e. The van der Waals surface area contributed by atoms with Crippen LogP contribution in [-0.2, 0) is 6.18 Å². The van der Waals surface area contributed by atoms with Gasteiger partial charge in [0.25, 0.3) is 0 Å². The molecule has 0 aliphatic heterocycles. The summed E-state index contributed by atoms with van der Waals surface area (Å²) < 4.78 is 40.2. The fraction of sp³-hybridized carbons (Fsp3) is 0.0833. The third-order valence-corrected chi connectivity index (χ3v) is 4.68. The summed E-state index contributed by atoms with van der Waals surface area (Å²) in [4.78, 5) is 4.75. The minimum Gasteiger partial charge on any atom is -0.226 e. The van der Waals surface area contributed by atoms with E-state index in [0.717, 1.165) is 29.0 Å². The Labute approximate surface area is 172 Å². The third kappa shape index (κ3) is 4.17. The summed E-state index contributed by atoms with van der Waals surface area (Å²) >= 11 is 0. The quantitative estimate of drug-likeness (QED) is 0.356. The van der Waals surface area contributed by atoms with E-state index in [1.165, 1.54) is 12.1 Å². The van der Waals surface area contributed by atoms with Gasteiger partial charge in [0.1, 0.15) is 0 Å². The van der Waals surface area contributed by atoms with Gasteiger partial charge in [0.2, 0.25) is 0 Å². The van der Waals surface area contributed by atoms with E-state index in [1.54, 1.807) is 11.6 Å². The van der Waals surface area contributed by atoms with Crippen LogP contribution in [0, 0.1) is 0 Å². The zero-order valence-electron chi connectivity index (χ0n) is 16.1. The second-order valence-electron chi connectivity index (χ2n) is 6.79. The minimum atomic E-state index is -4.36. The van der Waals surface area contributed by atoms with E-state index in [4.69, 9.17) is 4.98 Å². The highest BCUT2D eigenvalue weighted by molar-refractivity contribution is 5.98. The molecule has 3 aromatic carbocycles. The molecule has 0 bridgehead atoms. The predicted molar refractivity (Wildman–Crippen MR) is 112 cm³/mol. The Balaban J connectivity index is 1.76. The van der Waals surface area contributed by atoms with E-state index in [2.05, 4.69) is 5.10 Å². The lowest BCUT2D eigenvalue weighted by Crippen LogP contribution is -2.06. The first-order chi connectivity index (χ1) is 14.4. The van der Waals surface area contributed by atoms with Crippen LogP contribution < -0.4 is 0 Å². The molecule has 1 aromatic heterocycles. The van der Waals surface area contributed by atoms with E-state index in [0.29, 0.717) is 17.1 Å². The number of nitrogens with zero attached hydrogens (tertiary/aromatic N) is 3. The van der Waals surface area contributed by atoms with Crippen LogP contribution in [0.25, 0.3) is 22.6 Å². The number of benzene rings is 3. The molecule has 0 unspecified atom stereocenters. The SMILES string of the molecule is C/C(=N\n1cc(-c2ccccc2)nc1-c1ccccc1)c1ccc(C(F)(F)F)cc1. The van der Waals surface area contributed by atoms with E-state index >= 15 is 0 Å². The van der Waals surface area contributed by atoms with Crippen LogP contribution in [0.15, 0.2) is 96.2 Å². The maximum absolute atomic E-state index is 12.8. The van der Waals surface area contributed by atoms with E-state index in [9.17, 15) is 13.2 Å². The Morgan fingerprint density at radius 2 is 1.37 bits per heavy atom. The summed E-state index contributed by atoms with van der Waals surface area (Å²) in [5.41, 5.74) is 3.12. The molecule has 0 saturated carbocycles. The molecule has 3 nitrogen and oxygen atoms in total. The fourth-order valence-corrected chi connectivity index (χ4v) is 3.10. The summed E-state index contributed by atoms with van der Waals surface area (Å²) in [6.45, 7) is 1.76. The Bertz CT molecular complexity index is 1160. The zero-order chi connectivity index (χ0) is 21.1. The van der Waals surface area contributed by atoms with Gasteiger partial charge in [-0.1, -0.05) is 72.8 Å². The predicted octanol–water partition coefficient (Wildman–Crippen LogP) is 6.51. The van der Waals surface area contributed by atoms with Crippen molar-refractivity contribution in [3.8, 4) is 22.6 Å². The monoisotopic (exact) mass is 405 g/mol. The minimum absolute atomic E-state index is 0.581. The molecular formula is C24H18F3N3. The molecule has 6 heteroatoms. The van der Waals surface area contributed by atoms with Gasteiger partial charge < -0.3 is 0 Å². The van der Waals surface area contributed by atoms with Gasteiger partial charge in [-0.25, -0.2) is 9.66 Å². The Kier molecular flexibility index (Phi) is 5.23. The van der Waals surface area contributed by atoms with Crippen molar-refractivity contribution in [1.82, 2.24) is 9.66 Å². The van der Waals surface area contributed by atoms with Crippen molar-refractivity contribution in [2.24, 2.45) is 5.10 Å². The van der Waals surface area contributed by atoms with Crippen molar-refractivity contribution in [3.63, 3.8) is 0 Å². The fourth-order valence-electron chi connectivity index (χ4n) is 3.10. The van der Waals surface area contributed by atoms with Gasteiger partial charge in [-0.05, 0) is 24.6 Å². The van der Waals surface area contributed by atoms with Gasteiger partial charge >= 0.3 is 6.18 Å². The lowest BCUT2D eigenvalue weighted by Gasteiger charge is -2.08. The molecule has 0 saturated heterocycles. The first-order valence-electron chi connectivity index (χ1n) is 9.35. The van der Waals surface area contributed by atoms with Gasteiger partial charge in [0.15, 0.2) is 5.82 Å². The molecule has 1 heterocycles. The van der Waals surface area contributed by atoms with Crippen molar-refractivity contribution in [3.05, 3.63) is 102 Å². The highest BCUT2D eigenvalue weighted by Crippen LogP contribution is 2.29. The largest absolute Gasteiger partial charge is 0.416 e. The van der Waals surface area contributed by atoms with Crippen LogP contribution in [0.1, 0.15) is 18.1 Å². The van der Waals surface area contributed by atoms with Gasteiger partial charge in [0, 0.05) is 11.1 Å². The van der Waals surface area contributed by atoms with Crippen LogP contribution >= 0.6 is 0 Å². The molecule has 150 valence electrons. The summed E-state index contributed by atoms with van der Waals surface area (Å²) in [6.07, 6.45) is -2.54. The van der Waals surface area contributed by atoms with E-state index in [1.807, 2.05) is 66.9 Å². The van der Waals surface area contributed by atoms with Crippen LogP contribution in [0.5, 0.6) is 0 Å². The molecule has 0 radical (unpaired) electrons. The second-order valence-corrected chi connectivity index (χ2v) is 6.79. The molecule has 0 fully saturated rings. The van der Waals surface area contributed by atoms with Crippen LogP contribution in [-0.4, -0.2) is 15.4 Å². The number of imidazole rings is 1. The molecule has 0 atom stereocenters. The van der Waals surface area contributed by atoms with Gasteiger partial charge in [-0.3, -0.25) is 0 Å². The maximum Gasteiger partial charge on any atom is 0.416 e. The van der Waals surface area contributed by atoms with Gasteiger partial charge in [0.05, 0.1) is 23.2 Å². The van der Waals surface area contributed by atoms with Crippen LogP contribution in [0.4, 0.5) is 13.2 Å². The molecule has 30 heavy (non-hydrogen) atoms. The lowest BCUT2D eigenvalue weighted by molar-refractivity contribution is -0.137. The Hall–Kier alpha value is -3.67. The number of hydrogen-bond donors (Lipinski definition) is 0. The molecule has 0 aliphatic rings. The Morgan fingerprint density at radius 1 is 0.800 bits per heavy atom. The molecule has 4 aromatic rings. The van der Waals surface area contributed by atoms with Crippen molar-refractivity contribution in [1.29, 1.82) is 0 Å². The molecule has 4 rings (SSSR count). The summed E-state index contributed by atoms with van der Waals surface area (Å²) in [5.74, 6) is 0.653. The molecular weight excluding hydrogens is 387 g/mol. The van der Waals surface area contributed by atoms with Crippen molar-refractivity contribution >= 4 is 5.71 Å². The van der Waals surface area contributed by atoms with Crippen molar-refractivity contribution in [2.45, 2.75) is 13.1 Å². The van der Waals surface area contributed by atoms with E-state index < -0.39 is 11.7 Å². The van der Waals surface area contributed by atoms with Crippen molar-refractivity contribution in [2.75, 3.05) is 0 Å². The molecule has 0 spiro atoms. The maximum atomic E-state index is 12.8. The number of aromatic nitrogens is 2. The van der Waals surface area contributed by atoms with Crippen LogP contribution in [0.2, 0.25) is 0 Å². The van der Waals surface area contributed by atoms with Crippen molar-refractivity contribution < 1.29 is 13.2 Å². The average Bonchev–Trinajstić information content (AvgIpc) is 3.18. The number of rotatable bonds is 4. The number of alkyl halides is 3. The Morgan fingerprint density at radius 3 is 1.93 bits per heavy atom. The number of hydrogen-bond acceptors (Lipinski definition) is 2. The standard InChI is InChI=1S/C24H18F3N3/c1-17(18-12-14-21(15-13-18)24(25,26)27)29-30-16-22(19-8-4-2-5-9-19)28-23(30)20-10-6-3-7-11-20/h2-16H,1H3/b29-17+. The molecule has 0 N–H and O–H groups in total. The first-order valence-corrected chi connectivity index (χ1v) is 9.35. The number of halogens is 3. The summed E-state index contributed by atoms with van der Waals surface area (Å²) in [6, 6.07) is 24.4. The molecule has 0 amide bonds. The second kappa shape index (κ2) is 7.99. The zero-order valence-corrected chi connectivity index (χ0v) is 16.1. The lowest BCUT2D eigenvalue weighted by atomic mass is 10.1. The summed E-state index contributed by atoms with van der Waals surface area (Å²) in [5, 5.41) is 4.63. The first kappa shape index (κ1) is 19.6. The molecule has 0 aliphatic carbocycles.